The molecule has 0 aromatic carbocycles. The van der Waals surface area contributed by atoms with Crippen LogP contribution in [0.2, 0.25) is 0 Å². The van der Waals surface area contributed by atoms with Crippen LogP contribution < -0.4 is 5.73 Å². The number of rotatable bonds is 20. The van der Waals surface area contributed by atoms with Crippen molar-refractivity contribution in [1.82, 2.24) is 0 Å². The van der Waals surface area contributed by atoms with E-state index in [9.17, 15) is 4.79 Å². The largest absolute Gasteiger partial charge is 0.465 e. The summed E-state index contributed by atoms with van der Waals surface area (Å²) in [4.78, 5) is 12.0. The number of hydrogen-bond donors (Lipinski definition) is 1. The van der Waals surface area contributed by atoms with Gasteiger partial charge in [-0.25, -0.2) is 0 Å². The van der Waals surface area contributed by atoms with Gasteiger partial charge in [-0.1, -0.05) is 90.9 Å². The van der Waals surface area contributed by atoms with E-state index in [0.717, 1.165) is 32.2 Å². The van der Waals surface area contributed by atoms with Crippen LogP contribution in [0.5, 0.6) is 0 Å². The maximum Gasteiger partial charge on any atom is 0.305 e. The fourth-order valence-electron chi connectivity index (χ4n) is 3.43. The normalized spacial score (nSPS) is 12.3. The molecule has 0 amide bonds. The minimum atomic E-state index is -0.000692. The van der Waals surface area contributed by atoms with Crippen molar-refractivity contribution >= 4 is 5.97 Å². The van der Waals surface area contributed by atoms with Crippen molar-refractivity contribution < 1.29 is 9.53 Å². The highest BCUT2D eigenvalue weighted by Gasteiger charge is 2.12. The van der Waals surface area contributed by atoms with Gasteiger partial charge in [0.25, 0.3) is 0 Å². The van der Waals surface area contributed by atoms with Gasteiger partial charge in [0, 0.05) is 6.42 Å². The molecule has 0 fully saturated rings. The average molecular weight is 370 g/mol. The van der Waals surface area contributed by atoms with E-state index in [-0.39, 0.29) is 5.97 Å². The standard InChI is InChI=1S/C23H47NO2/c1-3-5-7-9-10-14-18-22(17-13-8-6-4-2)21-26-23(25)19-15-11-12-16-20-24/h22H,3-21,24H2,1-2H3. The summed E-state index contributed by atoms with van der Waals surface area (Å²) in [5.41, 5.74) is 5.49. The summed E-state index contributed by atoms with van der Waals surface area (Å²) in [6.45, 7) is 5.91. The average Bonchev–Trinajstić information content (AvgIpc) is 2.65. The van der Waals surface area contributed by atoms with Crippen molar-refractivity contribution in [3.63, 3.8) is 0 Å². The van der Waals surface area contributed by atoms with Crippen molar-refractivity contribution in [2.75, 3.05) is 13.2 Å². The molecule has 0 saturated carbocycles. The summed E-state index contributed by atoms with van der Waals surface area (Å²) in [7, 11) is 0. The number of hydrogen-bond acceptors (Lipinski definition) is 3. The van der Waals surface area contributed by atoms with Gasteiger partial charge in [-0.3, -0.25) is 4.79 Å². The quantitative estimate of drug-likeness (QED) is 0.190. The van der Waals surface area contributed by atoms with E-state index in [1.54, 1.807) is 0 Å². The maximum atomic E-state index is 12.0. The van der Waals surface area contributed by atoms with Gasteiger partial charge in [-0.2, -0.15) is 0 Å². The molecule has 0 rings (SSSR count). The first-order valence-corrected chi connectivity index (χ1v) is 11.6. The summed E-state index contributed by atoms with van der Waals surface area (Å²) in [6.07, 6.45) is 20.5. The second kappa shape index (κ2) is 20.7. The lowest BCUT2D eigenvalue weighted by Gasteiger charge is -2.17. The molecule has 26 heavy (non-hydrogen) atoms. The Morgan fingerprint density at radius 1 is 0.731 bits per heavy atom. The lowest BCUT2D eigenvalue weighted by Crippen LogP contribution is -2.14. The van der Waals surface area contributed by atoms with Crippen LogP contribution in [-0.4, -0.2) is 19.1 Å². The summed E-state index contributed by atoms with van der Waals surface area (Å²) in [6, 6.07) is 0. The zero-order valence-corrected chi connectivity index (χ0v) is 17.9. The van der Waals surface area contributed by atoms with E-state index >= 15 is 0 Å². The highest BCUT2D eigenvalue weighted by atomic mass is 16.5. The van der Waals surface area contributed by atoms with Crippen molar-refractivity contribution in [2.24, 2.45) is 11.7 Å². The van der Waals surface area contributed by atoms with Crippen LogP contribution in [0.1, 0.15) is 123 Å². The molecule has 0 aliphatic rings. The molecular weight excluding hydrogens is 322 g/mol. The summed E-state index contributed by atoms with van der Waals surface area (Å²) in [5, 5.41) is 0. The number of carbonyl (C=O) groups excluding carboxylic acids is 1. The first kappa shape index (κ1) is 25.4. The molecule has 0 aromatic rings. The molecule has 1 unspecified atom stereocenters. The van der Waals surface area contributed by atoms with E-state index in [0.29, 0.717) is 18.9 Å². The van der Waals surface area contributed by atoms with Gasteiger partial charge >= 0.3 is 5.97 Å². The van der Waals surface area contributed by atoms with Gasteiger partial charge in [-0.15, -0.1) is 0 Å². The SMILES string of the molecule is CCCCCCCCC(CCCCCC)COC(=O)CCCCCCN. The molecule has 0 aliphatic carbocycles. The Morgan fingerprint density at radius 2 is 1.23 bits per heavy atom. The molecule has 0 saturated heterocycles. The Hall–Kier alpha value is -0.570. The Bertz CT molecular complexity index is 294. The molecule has 0 heterocycles. The Labute approximate surface area is 163 Å². The molecule has 0 spiro atoms. The van der Waals surface area contributed by atoms with Gasteiger partial charge in [-0.05, 0) is 38.1 Å². The number of nitrogens with two attached hydrogens (primary N) is 1. The van der Waals surface area contributed by atoms with E-state index in [2.05, 4.69) is 13.8 Å². The van der Waals surface area contributed by atoms with Crippen LogP contribution >= 0.6 is 0 Å². The summed E-state index contributed by atoms with van der Waals surface area (Å²) < 4.78 is 5.60. The molecule has 0 aliphatic heterocycles. The lowest BCUT2D eigenvalue weighted by molar-refractivity contribution is -0.145. The fraction of sp³-hybridized carbons (Fsp3) is 0.957. The third kappa shape index (κ3) is 18.2. The van der Waals surface area contributed by atoms with E-state index in [1.165, 1.54) is 77.0 Å². The van der Waals surface area contributed by atoms with Crippen molar-refractivity contribution in [1.29, 1.82) is 0 Å². The molecule has 0 aromatic heterocycles. The molecule has 3 heteroatoms. The van der Waals surface area contributed by atoms with Gasteiger partial charge < -0.3 is 10.5 Å². The second-order valence-electron chi connectivity index (χ2n) is 7.91. The smallest absolute Gasteiger partial charge is 0.305 e. The van der Waals surface area contributed by atoms with Gasteiger partial charge in [0.15, 0.2) is 0 Å². The maximum absolute atomic E-state index is 12.0. The fourth-order valence-corrected chi connectivity index (χ4v) is 3.43. The van der Waals surface area contributed by atoms with Crippen LogP contribution in [0.3, 0.4) is 0 Å². The summed E-state index contributed by atoms with van der Waals surface area (Å²) >= 11 is 0. The zero-order chi connectivity index (χ0) is 19.3. The minimum absolute atomic E-state index is 0.000692. The molecule has 0 radical (unpaired) electrons. The third-order valence-corrected chi connectivity index (χ3v) is 5.25. The Balaban J connectivity index is 3.91. The van der Waals surface area contributed by atoms with Gasteiger partial charge in [0.2, 0.25) is 0 Å². The Morgan fingerprint density at radius 3 is 1.85 bits per heavy atom. The van der Waals surface area contributed by atoms with Gasteiger partial charge in [0.05, 0.1) is 6.61 Å². The zero-order valence-electron chi connectivity index (χ0n) is 17.9. The van der Waals surface area contributed by atoms with E-state index in [1.807, 2.05) is 0 Å². The highest BCUT2D eigenvalue weighted by Crippen LogP contribution is 2.19. The van der Waals surface area contributed by atoms with E-state index < -0.39 is 0 Å². The molecule has 2 N–H and O–H groups in total. The predicted octanol–water partition coefficient (Wildman–Crippen LogP) is 6.78. The Kier molecular flexibility index (Phi) is 20.3. The molecule has 3 nitrogen and oxygen atoms in total. The molecular formula is C23H47NO2. The predicted molar refractivity (Wildman–Crippen MR) is 113 cm³/mol. The monoisotopic (exact) mass is 369 g/mol. The lowest BCUT2D eigenvalue weighted by atomic mass is 9.95. The van der Waals surface area contributed by atoms with Crippen LogP contribution in [0.25, 0.3) is 0 Å². The number of esters is 1. The molecule has 156 valence electrons. The molecule has 1 atom stereocenters. The highest BCUT2D eigenvalue weighted by molar-refractivity contribution is 5.69. The molecule has 0 bridgehead atoms. The van der Waals surface area contributed by atoms with Crippen molar-refractivity contribution in [3.8, 4) is 0 Å². The van der Waals surface area contributed by atoms with Crippen LogP contribution in [0.4, 0.5) is 0 Å². The minimum Gasteiger partial charge on any atom is -0.465 e. The summed E-state index contributed by atoms with van der Waals surface area (Å²) in [5.74, 6) is 0.568. The number of ether oxygens (including phenoxy) is 1. The van der Waals surface area contributed by atoms with Gasteiger partial charge in [0.1, 0.15) is 0 Å². The van der Waals surface area contributed by atoms with Crippen LogP contribution in [0.15, 0.2) is 0 Å². The van der Waals surface area contributed by atoms with Crippen LogP contribution in [-0.2, 0) is 9.53 Å². The number of unbranched alkanes of at least 4 members (excludes halogenated alkanes) is 11. The topological polar surface area (TPSA) is 52.3 Å². The van der Waals surface area contributed by atoms with Crippen molar-refractivity contribution in [3.05, 3.63) is 0 Å². The third-order valence-electron chi connectivity index (χ3n) is 5.25. The van der Waals surface area contributed by atoms with Crippen LogP contribution in [0, 0.1) is 5.92 Å². The number of carbonyl (C=O) groups is 1. The second-order valence-corrected chi connectivity index (χ2v) is 7.91. The first-order chi connectivity index (χ1) is 12.7. The van der Waals surface area contributed by atoms with Crippen molar-refractivity contribution in [2.45, 2.75) is 123 Å². The first-order valence-electron chi connectivity index (χ1n) is 11.6. The van der Waals surface area contributed by atoms with E-state index in [4.69, 9.17) is 10.5 Å².